The van der Waals surface area contributed by atoms with Crippen molar-refractivity contribution in [2.75, 3.05) is 14.1 Å². The van der Waals surface area contributed by atoms with Gasteiger partial charge in [0.1, 0.15) is 0 Å². The summed E-state index contributed by atoms with van der Waals surface area (Å²) >= 11 is 3.83. The van der Waals surface area contributed by atoms with E-state index in [0.717, 1.165) is 5.69 Å². The minimum atomic E-state index is -0.191. The topological polar surface area (TPSA) is 49.0 Å². The Labute approximate surface area is 82.8 Å². The monoisotopic (exact) mass is 199 g/mol. The number of aromatic nitrogens is 2. The molecule has 0 aromatic carbocycles. The summed E-state index contributed by atoms with van der Waals surface area (Å²) in [5.41, 5.74) is 0.945. The Hall–Kier alpha value is -0.810. The average molecular weight is 199 g/mol. The van der Waals surface area contributed by atoms with Crippen LogP contribution in [0.2, 0.25) is 0 Å². The minimum absolute atomic E-state index is 0.125. The van der Waals surface area contributed by atoms with Crippen LogP contribution in [-0.2, 0) is 11.2 Å². The molecule has 0 bridgehead atoms. The molecule has 0 spiro atoms. The zero-order chi connectivity index (χ0) is 9.84. The lowest BCUT2D eigenvalue weighted by atomic mass is 10.2. The van der Waals surface area contributed by atoms with Gasteiger partial charge >= 0.3 is 0 Å². The standard InChI is InChI=1S/C8H13N3OS/c1-11(2)7(8(12)13)3-6-4-9-5-10-6/h4-5,7H,3H2,1-2H3,(H,9,10)(H,12,13). The van der Waals surface area contributed by atoms with Gasteiger partial charge in [0.2, 0.25) is 5.12 Å². The van der Waals surface area contributed by atoms with Gasteiger partial charge in [-0.15, -0.1) is 12.6 Å². The van der Waals surface area contributed by atoms with E-state index >= 15 is 0 Å². The predicted octanol–water partition coefficient (Wildman–Crippen LogP) is 0.339. The summed E-state index contributed by atoms with van der Waals surface area (Å²) < 4.78 is 0. The number of nitrogens with zero attached hydrogens (tertiary/aromatic N) is 2. The summed E-state index contributed by atoms with van der Waals surface area (Å²) in [5, 5.41) is -0.125. The Morgan fingerprint density at radius 1 is 1.77 bits per heavy atom. The van der Waals surface area contributed by atoms with E-state index in [1.54, 1.807) is 12.5 Å². The summed E-state index contributed by atoms with van der Waals surface area (Å²) in [6, 6.07) is -0.191. The van der Waals surface area contributed by atoms with Gasteiger partial charge in [-0.05, 0) is 14.1 Å². The maximum absolute atomic E-state index is 11.1. The first-order valence-electron chi connectivity index (χ1n) is 3.97. The highest BCUT2D eigenvalue weighted by Crippen LogP contribution is 2.06. The SMILES string of the molecule is CN(C)C(Cc1cnc[nH]1)C(=O)S. The summed E-state index contributed by atoms with van der Waals surface area (Å²) in [5.74, 6) is 0. The summed E-state index contributed by atoms with van der Waals surface area (Å²) in [6.45, 7) is 0. The lowest BCUT2D eigenvalue weighted by molar-refractivity contribution is -0.114. The van der Waals surface area contributed by atoms with E-state index in [1.165, 1.54) is 0 Å². The molecular weight excluding hydrogens is 186 g/mol. The highest BCUT2D eigenvalue weighted by molar-refractivity contribution is 7.96. The second-order valence-electron chi connectivity index (χ2n) is 3.10. The van der Waals surface area contributed by atoms with Gasteiger partial charge in [0, 0.05) is 18.3 Å². The van der Waals surface area contributed by atoms with Gasteiger partial charge in [-0.2, -0.15) is 0 Å². The number of carbonyl (C=O) groups excluding carboxylic acids is 1. The molecule has 72 valence electrons. The number of hydrogen-bond donors (Lipinski definition) is 2. The van der Waals surface area contributed by atoms with Crippen LogP contribution in [0.1, 0.15) is 5.69 Å². The largest absolute Gasteiger partial charge is 0.348 e. The van der Waals surface area contributed by atoms with E-state index in [-0.39, 0.29) is 11.2 Å². The van der Waals surface area contributed by atoms with E-state index < -0.39 is 0 Å². The number of likely N-dealkylation sites (N-methyl/N-ethyl adjacent to an activating group) is 1. The van der Waals surface area contributed by atoms with Gasteiger partial charge in [0.25, 0.3) is 0 Å². The molecule has 0 saturated heterocycles. The van der Waals surface area contributed by atoms with Crippen LogP contribution < -0.4 is 0 Å². The van der Waals surface area contributed by atoms with Crippen LogP contribution in [0.15, 0.2) is 12.5 Å². The Morgan fingerprint density at radius 2 is 2.46 bits per heavy atom. The normalized spacial score (nSPS) is 13.2. The number of nitrogens with one attached hydrogen (secondary N) is 1. The number of thiol groups is 1. The molecule has 13 heavy (non-hydrogen) atoms. The molecular formula is C8H13N3OS. The van der Waals surface area contributed by atoms with Crippen LogP contribution in [-0.4, -0.2) is 40.1 Å². The molecule has 0 radical (unpaired) electrons. The van der Waals surface area contributed by atoms with Crippen LogP contribution in [0.3, 0.4) is 0 Å². The third-order valence-electron chi connectivity index (χ3n) is 1.88. The first-order chi connectivity index (χ1) is 6.11. The van der Waals surface area contributed by atoms with Crippen LogP contribution in [0.4, 0.5) is 0 Å². The Balaban J connectivity index is 2.63. The highest BCUT2D eigenvalue weighted by atomic mass is 32.1. The lowest BCUT2D eigenvalue weighted by Crippen LogP contribution is -2.35. The van der Waals surface area contributed by atoms with Crippen molar-refractivity contribution >= 4 is 17.7 Å². The fourth-order valence-corrected chi connectivity index (χ4v) is 1.42. The highest BCUT2D eigenvalue weighted by Gasteiger charge is 2.18. The average Bonchev–Trinajstić information content (AvgIpc) is 2.50. The van der Waals surface area contributed by atoms with Gasteiger partial charge in [-0.25, -0.2) is 4.98 Å². The van der Waals surface area contributed by atoms with E-state index in [1.807, 2.05) is 19.0 Å². The summed E-state index contributed by atoms with van der Waals surface area (Å²) in [6.07, 6.45) is 3.94. The van der Waals surface area contributed by atoms with E-state index in [9.17, 15) is 4.79 Å². The lowest BCUT2D eigenvalue weighted by Gasteiger charge is -2.19. The minimum Gasteiger partial charge on any atom is -0.348 e. The molecule has 0 aliphatic carbocycles. The van der Waals surface area contributed by atoms with Gasteiger partial charge in [-0.3, -0.25) is 9.69 Å². The Kier molecular flexibility index (Phi) is 3.50. The maximum atomic E-state index is 11.1. The Morgan fingerprint density at radius 3 is 2.85 bits per heavy atom. The zero-order valence-electron chi connectivity index (χ0n) is 7.69. The van der Waals surface area contributed by atoms with Crippen LogP contribution in [0, 0.1) is 0 Å². The molecule has 4 nitrogen and oxygen atoms in total. The van der Waals surface area contributed by atoms with Crippen molar-refractivity contribution in [3.63, 3.8) is 0 Å². The summed E-state index contributed by atoms with van der Waals surface area (Å²) in [4.78, 5) is 19.8. The van der Waals surface area contributed by atoms with Crippen molar-refractivity contribution in [3.05, 3.63) is 18.2 Å². The number of aromatic amines is 1. The number of hydrogen-bond acceptors (Lipinski definition) is 3. The smallest absolute Gasteiger partial charge is 0.203 e. The van der Waals surface area contributed by atoms with Crippen molar-refractivity contribution in [2.45, 2.75) is 12.5 Å². The first kappa shape index (κ1) is 10.3. The summed E-state index contributed by atoms with van der Waals surface area (Å²) in [7, 11) is 3.71. The van der Waals surface area contributed by atoms with Gasteiger partial charge in [0.15, 0.2) is 0 Å². The van der Waals surface area contributed by atoms with Crippen LogP contribution in [0.5, 0.6) is 0 Å². The van der Waals surface area contributed by atoms with Gasteiger partial charge in [0.05, 0.1) is 12.4 Å². The predicted molar refractivity (Wildman–Crippen MR) is 53.8 cm³/mol. The molecule has 5 heteroatoms. The number of imidazole rings is 1. The molecule has 1 aromatic rings. The van der Waals surface area contributed by atoms with Crippen LogP contribution in [0.25, 0.3) is 0 Å². The van der Waals surface area contributed by atoms with Crippen molar-refractivity contribution in [3.8, 4) is 0 Å². The molecule has 0 saturated carbocycles. The number of H-pyrrole nitrogens is 1. The van der Waals surface area contributed by atoms with Gasteiger partial charge < -0.3 is 4.98 Å². The third-order valence-corrected chi connectivity index (χ3v) is 2.17. The molecule has 1 rings (SSSR count). The van der Waals surface area contributed by atoms with E-state index in [0.29, 0.717) is 6.42 Å². The number of carbonyl (C=O) groups is 1. The van der Waals surface area contributed by atoms with Crippen molar-refractivity contribution in [2.24, 2.45) is 0 Å². The molecule has 1 heterocycles. The first-order valence-corrected chi connectivity index (χ1v) is 4.42. The second kappa shape index (κ2) is 4.43. The molecule has 1 atom stereocenters. The fourth-order valence-electron chi connectivity index (χ4n) is 1.10. The second-order valence-corrected chi connectivity index (χ2v) is 3.54. The number of rotatable bonds is 4. The maximum Gasteiger partial charge on any atom is 0.203 e. The fraction of sp³-hybridized carbons (Fsp3) is 0.500. The molecule has 1 aromatic heterocycles. The molecule has 0 aliphatic heterocycles. The Bertz CT molecular complexity index is 271. The van der Waals surface area contributed by atoms with Crippen molar-refractivity contribution in [1.82, 2.24) is 14.9 Å². The third kappa shape index (κ3) is 2.86. The molecule has 1 unspecified atom stereocenters. The van der Waals surface area contributed by atoms with Crippen molar-refractivity contribution < 1.29 is 4.79 Å². The quantitative estimate of drug-likeness (QED) is 0.687. The molecule has 1 N–H and O–H groups in total. The molecule has 0 aliphatic rings. The van der Waals surface area contributed by atoms with Crippen LogP contribution >= 0.6 is 12.6 Å². The van der Waals surface area contributed by atoms with Crippen molar-refractivity contribution in [1.29, 1.82) is 0 Å². The van der Waals surface area contributed by atoms with E-state index in [4.69, 9.17) is 0 Å². The van der Waals surface area contributed by atoms with Gasteiger partial charge in [-0.1, -0.05) is 0 Å². The van der Waals surface area contributed by atoms with E-state index in [2.05, 4.69) is 22.6 Å². The molecule has 0 amide bonds. The molecule has 0 fully saturated rings. The zero-order valence-corrected chi connectivity index (χ0v) is 8.58.